The number of hydrogen-bond acceptors (Lipinski definition) is 3. The van der Waals surface area contributed by atoms with Gasteiger partial charge >= 0.3 is 0 Å². The fraction of sp³-hybridized carbons (Fsp3) is 0.500. The summed E-state index contributed by atoms with van der Waals surface area (Å²) in [5.41, 5.74) is 9.71. The van der Waals surface area contributed by atoms with Gasteiger partial charge in [0.05, 0.1) is 0 Å². The second-order valence-corrected chi connectivity index (χ2v) is 5.16. The third kappa shape index (κ3) is 2.47. The van der Waals surface area contributed by atoms with Crippen LogP contribution in [-0.4, -0.2) is 24.6 Å². The lowest BCUT2D eigenvalue weighted by Crippen LogP contribution is -2.33. The molecule has 0 radical (unpaired) electrons. The summed E-state index contributed by atoms with van der Waals surface area (Å²) in [7, 11) is 0. The summed E-state index contributed by atoms with van der Waals surface area (Å²) in [4.78, 5) is 2.46. The van der Waals surface area contributed by atoms with Crippen molar-refractivity contribution < 1.29 is 0 Å². The molecule has 1 heterocycles. The van der Waals surface area contributed by atoms with Crippen molar-refractivity contribution in [2.75, 3.05) is 29.5 Å². The molecule has 2 N–H and O–H groups in total. The zero-order chi connectivity index (χ0) is 10.7. The lowest BCUT2D eigenvalue weighted by atomic mass is 10.1. The molecule has 1 aromatic carbocycles. The van der Waals surface area contributed by atoms with Gasteiger partial charge in [0.15, 0.2) is 0 Å². The molecule has 0 atom stereocenters. The van der Waals surface area contributed by atoms with Gasteiger partial charge in [0.1, 0.15) is 0 Å². The summed E-state index contributed by atoms with van der Waals surface area (Å²) in [6.45, 7) is 5.07. The Morgan fingerprint density at radius 2 is 2.07 bits per heavy atom. The molecule has 2 nitrogen and oxygen atoms in total. The van der Waals surface area contributed by atoms with Crippen molar-refractivity contribution in [1.82, 2.24) is 0 Å². The Bertz CT molecular complexity index is 332. The summed E-state index contributed by atoms with van der Waals surface area (Å²) >= 11 is 2.04. The van der Waals surface area contributed by atoms with Crippen molar-refractivity contribution in [3.05, 3.63) is 29.3 Å². The second-order valence-electron chi connectivity index (χ2n) is 3.94. The van der Waals surface area contributed by atoms with Crippen LogP contribution in [0.4, 0.5) is 5.69 Å². The lowest BCUT2D eigenvalue weighted by molar-refractivity contribution is 0.846. The molecule has 1 aromatic rings. The molecular weight excluding hydrogens is 204 g/mol. The summed E-state index contributed by atoms with van der Waals surface area (Å²) in [6, 6.07) is 6.60. The molecule has 15 heavy (non-hydrogen) atoms. The summed E-state index contributed by atoms with van der Waals surface area (Å²) in [5.74, 6) is 2.47. The third-order valence-electron chi connectivity index (χ3n) is 2.81. The van der Waals surface area contributed by atoms with E-state index < -0.39 is 0 Å². The summed E-state index contributed by atoms with van der Waals surface area (Å²) < 4.78 is 0. The maximum atomic E-state index is 5.79. The lowest BCUT2D eigenvalue weighted by Gasteiger charge is -2.30. The monoisotopic (exact) mass is 222 g/mol. The van der Waals surface area contributed by atoms with Gasteiger partial charge in [-0.1, -0.05) is 17.7 Å². The molecule has 1 aliphatic heterocycles. The number of nitrogens with zero attached hydrogens (tertiary/aromatic N) is 1. The van der Waals surface area contributed by atoms with E-state index in [2.05, 4.69) is 30.0 Å². The van der Waals surface area contributed by atoms with Gasteiger partial charge in [-0.15, -0.1) is 0 Å². The standard InChI is InChI=1S/C12H18N2S/c1-10-2-3-12(11(8-10)9-13)14-4-6-15-7-5-14/h2-3,8H,4-7,9,13H2,1H3. The number of nitrogens with two attached hydrogens (primary N) is 1. The van der Waals surface area contributed by atoms with Crippen molar-refractivity contribution in [3.8, 4) is 0 Å². The predicted molar refractivity (Wildman–Crippen MR) is 68.6 cm³/mol. The zero-order valence-electron chi connectivity index (χ0n) is 9.20. The molecule has 1 aliphatic rings. The highest BCUT2D eigenvalue weighted by atomic mass is 32.2. The van der Waals surface area contributed by atoms with Gasteiger partial charge in [0.25, 0.3) is 0 Å². The van der Waals surface area contributed by atoms with E-state index in [0.29, 0.717) is 6.54 Å². The van der Waals surface area contributed by atoms with Crippen LogP contribution in [0.25, 0.3) is 0 Å². The Hall–Kier alpha value is -0.670. The van der Waals surface area contributed by atoms with E-state index in [1.165, 1.54) is 28.3 Å². The van der Waals surface area contributed by atoms with Crippen LogP contribution >= 0.6 is 11.8 Å². The fourth-order valence-electron chi connectivity index (χ4n) is 1.99. The van der Waals surface area contributed by atoms with Crippen LogP contribution in [-0.2, 0) is 6.54 Å². The maximum Gasteiger partial charge on any atom is 0.0412 e. The third-order valence-corrected chi connectivity index (χ3v) is 3.75. The molecule has 0 amide bonds. The van der Waals surface area contributed by atoms with Crippen LogP contribution in [0.15, 0.2) is 18.2 Å². The first-order valence-corrected chi connectivity index (χ1v) is 6.59. The number of thioether (sulfide) groups is 1. The Balaban J connectivity index is 2.25. The molecule has 82 valence electrons. The van der Waals surface area contributed by atoms with Crippen molar-refractivity contribution in [2.45, 2.75) is 13.5 Å². The number of rotatable bonds is 2. The topological polar surface area (TPSA) is 29.3 Å². The van der Waals surface area contributed by atoms with Crippen molar-refractivity contribution in [1.29, 1.82) is 0 Å². The van der Waals surface area contributed by atoms with Crippen LogP contribution < -0.4 is 10.6 Å². The molecule has 1 saturated heterocycles. The normalized spacial score (nSPS) is 16.8. The van der Waals surface area contributed by atoms with Gasteiger partial charge in [-0.25, -0.2) is 0 Å². The van der Waals surface area contributed by atoms with Gasteiger partial charge < -0.3 is 10.6 Å². The number of aryl methyl sites for hydroxylation is 1. The van der Waals surface area contributed by atoms with Crippen molar-refractivity contribution >= 4 is 17.4 Å². The minimum Gasteiger partial charge on any atom is -0.370 e. The van der Waals surface area contributed by atoms with Crippen molar-refractivity contribution in [2.24, 2.45) is 5.73 Å². The molecule has 0 aliphatic carbocycles. The van der Waals surface area contributed by atoms with Crippen LogP contribution in [0.1, 0.15) is 11.1 Å². The average molecular weight is 222 g/mol. The smallest absolute Gasteiger partial charge is 0.0412 e. The molecule has 0 aromatic heterocycles. The number of hydrogen-bond donors (Lipinski definition) is 1. The molecule has 0 spiro atoms. The van der Waals surface area contributed by atoms with E-state index in [0.717, 1.165) is 13.1 Å². The van der Waals surface area contributed by atoms with Crippen LogP contribution in [0.2, 0.25) is 0 Å². The Labute approximate surface area is 95.8 Å². The van der Waals surface area contributed by atoms with Crippen LogP contribution in [0.5, 0.6) is 0 Å². The number of anilines is 1. The molecule has 2 rings (SSSR count). The molecular formula is C12H18N2S. The van der Waals surface area contributed by atoms with Gasteiger partial charge in [0.2, 0.25) is 0 Å². The summed E-state index contributed by atoms with van der Waals surface area (Å²) in [5, 5.41) is 0. The van der Waals surface area contributed by atoms with E-state index >= 15 is 0 Å². The van der Waals surface area contributed by atoms with Gasteiger partial charge in [-0.3, -0.25) is 0 Å². The molecule has 0 saturated carbocycles. The van der Waals surface area contributed by atoms with E-state index in [4.69, 9.17) is 5.73 Å². The van der Waals surface area contributed by atoms with E-state index in [-0.39, 0.29) is 0 Å². The highest BCUT2D eigenvalue weighted by Crippen LogP contribution is 2.24. The zero-order valence-corrected chi connectivity index (χ0v) is 10.0. The molecule has 0 bridgehead atoms. The van der Waals surface area contributed by atoms with Gasteiger partial charge in [0, 0.05) is 36.8 Å². The second kappa shape index (κ2) is 4.90. The van der Waals surface area contributed by atoms with E-state index in [9.17, 15) is 0 Å². The van der Waals surface area contributed by atoms with Gasteiger partial charge in [-0.05, 0) is 18.6 Å². The van der Waals surface area contributed by atoms with E-state index in [1.54, 1.807) is 0 Å². The Kier molecular flexibility index (Phi) is 3.54. The largest absolute Gasteiger partial charge is 0.370 e. The highest BCUT2D eigenvalue weighted by Gasteiger charge is 2.13. The van der Waals surface area contributed by atoms with Crippen LogP contribution in [0, 0.1) is 6.92 Å². The molecule has 0 unspecified atom stereocenters. The minimum atomic E-state index is 0.640. The predicted octanol–water partition coefficient (Wildman–Crippen LogP) is 2.01. The fourth-order valence-corrected chi connectivity index (χ4v) is 2.89. The first-order valence-electron chi connectivity index (χ1n) is 5.43. The minimum absolute atomic E-state index is 0.640. The summed E-state index contributed by atoms with van der Waals surface area (Å²) in [6.07, 6.45) is 0. The molecule has 1 fully saturated rings. The van der Waals surface area contributed by atoms with E-state index in [1.807, 2.05) is 11.8 Å². The first-order chi connectivity index (χ1) is 7.31. The highest BCUT2D eigenvalue weighted by molar-refractivity contribution is 7.99. The Morgan fingerprint density at radius 1 is 1.33 bits per heavy atom. The van der Waals surface area contributed by atoms with Crippen molar-refractivity contribution in [3.63, 3.8) is 0 Å². The number of benzene rings is 1. The van der Waals surface area contributed by atoms with Crippen LogP contribution in [0.3, 0.4) is 0 Å². The molecule has 3 heteroatoms. The Morgan fingerprint density at radius 3 is 2.73 bits per heavy atom. The quantitative estimate of drug-likeness (QED) is 0.830. The SMILES string of the molecule is Cc1ccc(N2CCSCC2)c(CN)c1. The maximum absolute atomic E-state index is 5.79. The average Bonchev–Trinajstić information content (AvgIpc) is 2.30. The van der Waals surface area contributed by atoms with Gasteiger partial charge in [-0.2, -0.15) is 11.8 Å². The first kappa shape index (κ1) is 10.8.